The molecule has 0 saturated carbocycles. The maximum Gasteiger partial charge on any atom is 0.262 e. The van der Waals surface area contributed by atoms with Crippen molar-refractivity contribution in [2.45, 2.75) is 26.4 Å². The van der Waals surface area contributed by atoms with Crippen molar-refractivity contribution >= 4 is 21.6 Å². The van der Waals surface area contributed by atoms with Gasteiger partial charge < -0.3 is 5.73 Å². The third-order valence-corrected chi connectivity index (χ3v) is 4.62. The first-order chi connectivity index (χ1) is 10.6. The molecule has 2 heterocycles. The van der Waals surface area contributed by atoms with E-state index in [4.69, 9.17) is 5.73 Å². The monoisotopic (exact) mass is 313 g/mol. The van der Waals surface area contributed by atoms with Crippen LogP contribution in [0.3, 0.4) is 0 Å². The number of aromatic nitrogens is 2. The Morgan fingerprint density at radius 2 is 1.95 bits per heavy atom. The van der Waals surface area contributed by atoms with Crippen LogP contribution in [-0.4, -0.2) is 9.55 Å². The molecule has 0 aliphatic heterocycles. The number of nitrogens with zero attached hydrogens (tertiary/aromatic N) is 2. The van der Waals surface area contributed by atoms with Crippen LogP contribution in [0.5, 0.6) is 0 Å². The number of rotatable bonds is 4. The van der Waals surface area contributed by atoms with Crippen molar-refractivity contribution in [2.24, 2.45) is 11.7 Å². The van der Waals surface area contributed by atoms with Gasteiger partial charge in [-0.1, -0.05) is 44.2 Å². The lowest BCUT2D eigenvalue weighted by Crippen LogP contribution is -2.31. The first-order valence-electron chi connectivity index (χ1n) is 7.35. The highest BCUT2D eigenvalue weighted by Crippen LogP contribution is 2.22. The quantitative estimate of drug-likeness (QED) is 0.805. The second-order valence-corrected chi connectivity index (χ2v) is 6.65. The molecule has 114 valence electrons. The minimum absolute atomic E-state index is 0.0128. The molecular formula is C17H19N3OS. The summed E-state index contributed by atoms with van der Waals surface area (Å²) >= 11 is 1.48. The van der Waals surface area contributed by atoms with Gasteiger partial charge in [-0.2, -0.15) is 0 Å². The SMILES string of the molecule is CC(C)C(N)c1nc2sccc2c(=O)n1Cc1ccccc1. The highest BCUT2D eigenvalue weighted by molar-refractivity contribution is 7.16. The average molecular weight is 313 g/mol. The highest BCUT2D eigenvalue weighted by atomic mass is 32.1. The van der Waals surface area contributed by atoms with Gasteiger partial charge in [0.1, 0.15) is 10.7 Å². The Kier molecular flexibility index (Phi) is 4.09. The lowest BCUT2D eigenvalue weighted by atomic mass is 10.0. The van der Waals surface area contributed by atoms with Crippen molar-refractivity contribution in [3.8, 4) is 0 Å². The molecule has 1 unspecified atom stereocenters. The number of nitrogens with two attached hydrogens (primary N) is 1. The van der Waals surface area contributed by atoms with Gasteiger partial charge in [0.2, 0.25) is 0 Å². The van der Waals surface area contributed by atoms with Crippen LogP contribution >= 0.6 is 11.3 Å². The predicted molar refractivity (Wildman–Crippen MR) is 91.2 cm³/mol. The van der Waals surface area contributed by atoms with Crippen LogP contribution in [0.1, 0.15) is 31.3 Å². The van der Waals surface area contributed by atoms with Crippen molar-refractivity contribution in [2.75, 3.05) is 0 Å². The largest absolute Gasteiger partial charge is 0.321 e. The molecule has 3 rings (SSSR count). The number of hydrogen-bond acceptors (Lipinski definition) is 4. The third-order valence-electron chi connectivity index (χ3n) is 3.81. The molecule has 0 bridgehead atoms. The molecule has 0 aliphatic carbocycles. The first kappa shape index (κ1) is 14.9. The summed E-state index contributed by atoms with van der Waals surface area (Å²) in [6.07, 6.45) is 0. The highest BCUT2D eigenvalue weighted by Gasteiger charge is 2.20. The number of benzene rings is 1. The molecular weight excluding hydrogens is 294 g/mol. The van der Waals surface area contributed by atoms with E-state index < -0.39 is 0 Å². The van der Waals surface area contributed by atoms with Crippen molar-refractivity contribution in [3.63, 3.8) is 0 Å². The molecule has 1 aromatic carbocycles. The Morgan fingerprint density at radius 1 is 1.23 bits per heavy atom. The van der Waals surface area contributed by atoms with Gasteiger partial charge in [0, 0.05) is 0 Å². The van der Waals surface area contributed by atoms with Gasteiger partial charge in [0.05, 0.1) is 18.0 Å². The summed E-state index contributed by atoms with van der Waals surface area (Å²) in [5.74, 6) is 0.880. The van der Waals surface area contributed by atoms with Gasteiger partial charge in [-0.05, 0) is 22.9 Å². The summed E-state index contributed by atoms with van der Waals surface area (Å²) in [7, 11) is 0. The van der Waals surface area contributed by atoms with Crippen LogP contribution in [0.15, 0.2) is 46.6 Å². The van der Waals surface area contributed by atoms with E-state index in [0.29, 0.717) is 17.8 Å². The molecule has 0 saturated heterocycles. The van der Waals surface area contributed by atoms with Gasteiger partial charge in [-0.15, -0.1) is 11.3 Å². The van der Waals surface area contributed by atoms with Crippen LogP contribution in [0, 0.1) is 5.92 Å². The van der Waals surface area contributed by atoms with Crippen molar-refractivity contribution in [3.05, 3.63) is 63.5 Å². The molecule has 3 aromatic rings. The Morgan fingerprint density at radius 3 is 2.64 bits per heavy atom. The van der Waals surface area contributed by atoms with Crippen molar-refractivity contribution in [1.29, 1.82) is 0 Å². The summed E-state index contributed by atoms with van der Waals surface area (Å²) in [6, 6.07) is 11.5. The Bertz CT molecular complexity index is 836. The fourth-order valence-corrected chi connectivity index (χ4v) is 3.20. The van der Waals surface area contributed by atoms with Crippen molar-refractivity contribution in [1.82, 2.24) is 9.55 Å². The van der Waals surface area contributed by atoms with E-state index in [-0.39, 0.29) is 17.5 Å². The number of fused-ring (bicyclic) bond motifs is 1. The number of hydrogen-bond donors (Lipinski definition) is 1. The van der Waals surface area contributed by atoms with E-state index in [0.717, 1.165) is 10.4 Å². The van der Waals surface area contributed by atoms with Crippen LogP contribution in [0.2, 0.25) is 0 Å². The van der Waals surface area contributed by atoms with Gasteiger partial charge in [0.15, 0.2) is 0 Å². The molecule has 4 nitrogen and oxygen atoms in total. The summed E-state index contributed by atoms with van der Waals surface area (Å²) in [6.45, 7) is 4.58. The van der Waals surface area contributed by atoms with E-state index in [1.165, 1.54) is 11.3 Å². The fourth-order valence-electron chi connectivity index (χ4n) is 2.44. The molecule has 0 radical (unpaired) electrons. The Balaban J connectivity index is 2.18. The summed E-state index contributed by atoms with van der Waals surface area (Å²) in [4.78, 5) is 18.2. The smallest absolute Gasteiger partial charge is 0.262 e. The van der Waals surface area contributed by atoms with E-state index in [1.807, 2.05) is 55.6 Å². The van der Waals surface area contributed by atoms with Crippen LogP contribution in [0.25, 0.3) is 10.2 Å². The maximum absolute atomic E-state index is 12.8. The normalized spacial score (nSPS) is 12.9. The summed E-state index contributed by atoms with van der Waals surface area (Å²) < 4.78 is 1.72. The van der Waals surface area contributed by atoms with Crippen molar-refractivity contribution < 1.29 is 0 Å². The summed E-state index contributed by atoms with van der Waals surface area (Å²) in [5.41, 5.74) is 7.36. The van der Waals surface area contributed by atoms with Gasteiger partial charge in [-0.3, -0.25) is 9.36 Å². The lowest BCUT2D eigenvalue weighted by molar-refractivity contribution is 0.464. The molecule has 0 fully saturated rings. The third kappa shape index (κ3) is 2.69. The minimum Gasteiger partial charge on any atom is -0.321 e. The molecule has 1 atom stereocenters. The van der Waals surface area contributed by atoms with Gasteiger partial charge in [0.25, 0.3) is 5.56 Å². The van der Waals surface area contributed by atoms with Gasteiger partial charge in [-0.25, -0.2) is 4.98 Å². The molecule has 0 amide bonds. The second kappa shape index (κ2) is 6.02. The van der Waals surface area contributed by atoms with Crippen LogP contribution in [0.4, 0.5) is 0 Å². The van der Waals surface area contributed by atoms with E-state index in [2.05, 4.69) is 4.98 Å². The first-order valence-corrected chi connectivity index (χ1v) is 8.23. The molecule has 0 spiro atoms. The topological polar surface area (TPSA) is 60.9 Å². The second-order valence-electron chi connectivity index (χ2n) is 5.76. The van der Waals surface area contributed by atoms with Crippen LogP contribution in [-0.2, 0) is 6.54 Å². The minimum atomic E-state index is -0.261. The van der Waals surface area contributed by atoms with E-state index >= 15 is 0 Å². The predicted octanol–water partition coefficient (Wildman–Crippen LogP) is 3.16. The zero-order valence-electron chi connectivity index (χ0n) is 12.7. The lowest BCUT2D eigenvalue weighted by Gasteiger charge is -2.20. The zero-order chi connectivity index (χ0) is 15.7. The molecule has 5 heteroatoms. The standard InChI is InChI=1S/C17H19N3OS/c1-11(2)14(18)15-19-16-13(8-9-22-16)17(21)20(15)10-12-6-4-3-5-7-12/h3-9,11,14H,10,18H2,1-2H3. The molecule has 22 heavy (non-hydrogen) atoms. The van der Waals surface area contributed by atoms with Crippen LogP contribution < -0.4 is 11.3 Å². The van der Waals surface area contributed by atoms with E-state index in [9.17, 15) is 4.79 Å². The Labute approximate surface area is 133 Å². The van der Waals surface area contributed by atoms with Gasteiger partial charge >= 0.3 is 0 Å². The fraction of sp³-hybridized carbons (Fsp3) is 0.294. The van der Waals surface area contributed by atoms with E-state index in [1.54, 1.807) is 4.57 Å². The molecule has 0 aliphatic rings. The number of thiophene rings is 1. The summed E-state index contributed by atoms with van der Waals surface area (Å²) in [5, 5.41) is 2.57. The maximum atomic E-state index is 12.8. The average Bonchev–Trinajstić information content (AvgIpc) is 2.99. The Hall–Kier alpha value is -1.98. The zero-order valence-corrected chi connectivity index (χ0v) is 13.5. The molecule has 2 N–H and O–H groups in total. The molecule has 2 aromatic heterocycles.